The van der Waals surface area contributed by atoms with Crippen molar-refractivity contribution in [3.05, 3.63) is 52.0 Å². The molecule has 0 aliphatic carbocycles. The lowest BCUT2D eigenvalue weighted by Crippen LogP contribution is -2.18. The summed E-state index contributed by atoms with van der Waals surface area (Å²) in [5.74, 6) is 0.896. The standard InChI is InChI=1S/C18H20Cl2N2O4S/c1-4-25-17-10-13(9-16(20)18(17)26-12(2)3)11-21-22-27(23,24)15-7-5-14(19)6-8-15/h5-12,22H,4H2,1-3H3/b21-11+. The van der Waals surface area contributed by atoms with Crippen molar-refractivity contribution < 1.29 is 17.9 Å². The minimum atomic E-state index is -3.80. The number of rotatable bonds is 8. The molecule has 0 saturated heterocycles. The fourth-order valence-corrected chi connectivity index (χ4v) is 3.29. The van der Waals surface area contributed by atoms with Crippen molar-refractivity contribution in [2.45, 2.75) is 31.8 Å². The molecule has 0 bridgehead atoms. The van der Waals surface area contributed by atoms with Crippen molar-refractivity contribution in [1.29, 1.82) is 0 Å². The molecule has 2 aromatic carbocycles. The summed E-state index contributed by atoms with van der Waals surface area (Å²) in [5, 5.41) is 4.58. The van der Waals surface area contributed by atoms with Crippen molar-refractivity contribution in [2.75, 3.05) is 6.61 Å². The van der Waals surface area contributed by atoms with E-state index in [-0.39, 0.29) is 11.0 Å². The summed E-state index contributed by atoms with van der Waals surface area (Å²) in [7, 11) is -3.80. The molecule has 0 aromatic heterocycles. The van der Waals surface area contributed by atoms with Crippen molar-refractivity contribution in [3.8, 4) is 11.5 Å². The molecule has 146 valence electrons. The van der Waals surface area contributed by atoms with Crippen LogP contribution in [0, 0.1) is 0 Å². The third-order valence-corrected chi connectivity index (χ3v) is 4.97. The molecule has 6 nitrogen and oxygen atoms in total. The van der Waals surface area contributed by atoms with E-state index in [1.807, 2.05) is 20.8 Å². The van der Waals surface area contributed by atoms with E-state index in [1.54, 1.807) is 12.1 Å². The summed E-state index contributed by atoms with van der Waals surface area (Å²) in [6, 6.07) is 9.04. The zero-order valence-electron chi connectivity index (χ0n) is 15.1. The predicted octanol–water partition coefficient (Wildman–Crippen LogP) is 4.49. The number of halogens is 2. The summed E-state index contributed by atoms with van der Waals surface area (Å²) < 4.78 is 35.7. The van der Waals surface area contributed by atoms with Crippen LogP contribution in [0.2, 0.25) is 10.0 Å². The van der Waals surface area contributed by atoms with E-state index in [9.17, 15) is 8.42 Å². The highest BCUT2D eigenvalue weighted by atomic mass is 35.5. The van der Waals surface area contributed by atoms with Gasteiger partial charge in [-0.25, -0.2) is 4.83 Å². The molecule has 2 aromatic rings. The van der Waals surface area contributed by atoms with Crippen LogP contribution in [-0.2, 0) is 10.0 Å². The third kappa shape index (κ3) is 6.02. The average molecular weight is 431 g/mol. The Hall–Kier alpha value is -1.96. The number of ether oxygens (including phenoxy) is 2. The number of hydrazone groups is 1. The number of nitrogens with one attached hydrogen (secondary N) is 1. The van der Waals surface area contributed by atoms with Gasteiger partial charge in [0.2, 0.25) is 0 Å². The van der Waals surface area contributed by atoms with Gasteiger partial charge in [-0.1, -0.05) is 23.2 Å². The van der Waals surface area contributed by atoms with E-state index in [0.717, 1.165) is 0 Å². The summed E-state index contributed by atoms with van der Waals surface area (Å²) >= 11 is 12.0. The van der Waals surface area contributed by atoms with Gasteiger partial charge in [0.25, 0.3) is 10.0 Å². The minimum absolute atomic E-state index is 0.0535. The topological polar surface area (TPSA) is 77.0 Å². The smallest absolute Gasteiger partial charge is 0.276 e. The van der Waals surface area contributed by atoms with Crippen LogP contribution in [0.1, 0.15) is 26.3 Å². The molecule has 0 amide bonds. The highest BCUT2D eigenvalue weighted by molar-refractivity contribution is 7.89. The van der Waals surface area contributed by atoms with Crippen LogP contribution in [0.15, 0.2) is 46.4 Å². The van der Waals surface area contributed by atoms with Gasteiger partial charge in [0.1, 0.15) is 0 Å². The van der Waals surface area contributed by atoms with Crippen LogP contribution >= 0.6 is 23.2 Å². The fourth-order valence-electron chi connectivity index (χ4n) is 2.11. The van der Waals surface area contributed by atoms with Crippen molar-refractivity contribution in [1.82, 2.24) is 4.83 Å². The molecule has 0 fully saturated rings. The second-order valence-corrected chi connectivity index (χ2v) is 8.24. The molecule has 9 heteroatoms. The van der Waals surface area contributed by atoms with E-state index >= 15 is 0 Å². The Morgan fingerprint density at radius 1 is 1.19 bits per heavy atom. The SMILES string of the molecule is CCOc1cc(/C=N/NS(=O)(=O)c2ccc(Cl)cc2)cc(Cl)c1OC(C)C. The van der Waals surface area contributed by atoms with Gasteiger partial charge in [-0.05, 0) is 62.7 Å². The van der Waals surface area contributed by atoms with Crippen LogP contribution in [0.4, 0.5) is 0 Å². The maximum Gasteiger partial charge on any atom is 0.276 e. The Labute approximate surface area is 169 Å². The van der Waals surface area contributed by atoms with Gasteiger partial charge < -0.3 is 9.47 Å². The Bertz CT molecular complexity index is 914. The Kier molecular flexibility index (Phi) is 7.35. The highest BCUT2D eigenvalue weighted by Crippen LogP contribution is 2.37. The van der Waals surface area contributed by atoms with E-state index in [1.165, 1.54) is 30.5 Å². The number of hydrogen-bond donors (Lipinski definition) is 1. The first-order valence-corrected chi connectivity index (χ1v) is 10.4. The Morgan fingerprint density at radius 3 is 2.44 bits per heavy atom. The zero-order valence-corrected chi connectivity index (χ0v) is 17.4. The second kappa shape index (κ2) is 9.30. The average Bonchev–Trinajstić information content (AvgIpc) is 2.58. The van der Waals surface area contributed by atoms with Crippen molar-refractivity contribution >= 4 is 39.4 Å². The van der Waals surface area contributed by atoms with Gasteiger partial charge in [-0.2, -0.15) is 13.5 Å². The second-order valence-electron chi connectivity index (χ2n) is 5.74. The van der Waals surface area contributed by atoms with Gasteiger partial charge in [0.15, 0.2) is 11.5 Å². The molecule has 0 atom stereocenters. The van der Waals surface area contributed by atoms with Crippen LogP contribution in [0.3, 0.4) is 0 Å². The highest BCUT2D eigenvalue weighted by Gasteiger charge is 2.14. The van der Waals surface area contributed by atoms with Gasteiger partial charge in [-0.3, -0.25) is 0 Å². The summed E-state index contributed by atoms with van der Waals surface area (Å²) in [4.78, 5) is 2.20. The molecule has 0 spiro atoms. The normalized spacial score (nSPS) is 11.8. The lowest BCUT2D eigenvalue weighted by atomic mass is 10.2. The van der Waals surface area contributed by atoms with Crippen LogP contribution in [-0.4, -0.2) is 27.3 Å². The van der Waals surface area contributed by atoms with Gasteiger partial charge in [0, 0.05) is 5.02 Å². The number of sulfonamides is 1. The third-order valence-electron chi connectivity index (χ3n) is 3.20. The van der Waals surface area contributed by atoms with Crippen LogP contribution < -0.4 is 14.3 Å². The quantitative estimate of drug-likeness (QED) is 0.494. The first-order valence-electron chi connectivity index (χ1n) is 8.16. The monoisotopic (exact) mass is 430 g/mol. The van der Waals surface area contributed by atoms with Gasteiger partial charge in [-0.15, -0.1) is 0 Å². The molecule has 0 radical (unpaired) electrons. The summed E-state index contributed by atoms with van der Waals surface area (Å²) in [6.07, 6.45) is 1.26. The molecule has 0 heterocycles. The Balaban J connectivity index is 2.22. The molecule has 0 aliphatic rings. The van der Waals surface area contributed by atoms with E-state index < -0.39 is 10.0 Å². The number of nitrogens with zero attached hydrogens (tertiary/aromatic N) is 1. The molecule has 1 N–H and O–H groups in total. The molecular formula is C18H20Cl2N2O4S. The van der Waals surface area contributed by atoms with Crippen LogP contribution in [0.25, 0.3) is 0 Å². The first kappa shape index (κ1) is 21.3. The Morgan fingerprint density at radius 2 is 1.85 bits per heavy atom. The maximum absolute atomic E-state index is 12.2. The van der Waals surface area contributed by atoms with Gasteiger partial charge >= 0.3 is 0 Å². The van der Waals surface area contributed by atoms with E-state index in [4.69, 9.17) is 32.7 Å². The van der Waals surface area contributed by atoms with E-state index in [2.05, 4.69) is 9.93 Å². The van der Waals surface area contributed by atoms with Crippen LogP contribution in [0.5, 0.6) is 11.5 Å². The fraction of sp³-hybridized carbons (Fsp3) is 0.278. The molecule has 0 unspecified atom stereocenters. The van der Waals surface area contributed by atoms with Crippen molar-refractivity contribution in [2.24, 2.45) is 5.10 Å². The zero-order chi connectivity index (χ0) is 20.0. The molecule has 2 rings (SSSR count). The lowest BCUT2D eigenvalue weighted by Gasteiger charge is -2.16. The molecule has 0 saturated carbocycles. The summed E-state index contributed by atoms with van der Waals surface area (Å²) in [6.45, 7) is 6.03. The number of hydrogen-bond acceptors (Lipinski definition) is 5. The lowest BCUT2D eigenvalue weighted by molar-refractivity contribution is 0.224. The predicted molar refractivity (Wildman–Crippen MR) is 108 cm³/mol. The minimum Gasteiger partial charge on any atom is -0.490 e. The largest absolute Gasteiger partial charge is 0.490 e. The maximum atomic E-state index is 12.2. The first-order chi connectivity index (χ1) is 12.7. The number of benzene rings is 2. The molecule has 27 heavy (non-hydrogen) atoms. The van der Waals surface area contributed by atoms with Crippen molar-refractivity contribution in [3.63, 3.8) is 0 Å². The molecule has 0 aliphatic heterocycles. The van der Waals surface area contributed by atoms with E-state index in [0.29, 0.717) is 33.7 Å². The summed E-state index contributed by atoms with van der Waals surface area (Å²) in [5.41, 5.74) is 0.554. The molecular weight excluding hydrogens is 411 g/mol. The van der Waals surface area contributed by atoms with Gasteiger partial charge in [0.05, 0.1) is 28.8 Å².